The standard InChI is InChI=1S/C14H25N/c1-3-4-5-9-14-11-13-8-6-7-10-15(14)12(13)2/h11-13H,3-10H2,1-2H3. The molecule has 0 saturated carbocycles. The fraction of sp³-hybridized carbons (Fsp3) is 0.857. The monoisotopic (exact) mass is 207 g/mol. The van der Waals surface area contributed by atoms with Gasteiger partial charge in [0.2, 0.25) is 0 Å². The summed E-state index contributed by atoms with van der Waals surface area (Å²) in [5.41, 5.74) is 1.67. The van der Waals surface area contributed by atoms with Gasteiger partial charge in [0.05, 0.1) is 0 Å². The van der Waals surface area contributed by atoms with Crippen LogP contribution < -0.4 is 0 Å². The van der Waals surface area contributed by atoms with Gasteiger partial charge in [-0.05, 0) is 38.5 Å². The second-order valence-corrected chi connectivity index (χ2v) is 5.21. The van der Waals surface area contributed by atoms with Crippen LogP contribution in [0, 0.1) is 5.92 Å². The largest absolute Gasteiger partial charge is 0.372 e. The SMILES string of the molecule is CCCCCC1=CC2CCCCN1C2C. The highest BCUT2D eigenvalue weighted by molar-refractivity contribution is 5.15. The third kappa shape index (κ3) is 2.38. The summed E-state index contributed by atoms with van der Waals surface area (Å²) in [7, 11) is 0. The molecule has 2 bridgehead atoms. The first-order valence-corrected chi connectivity index (χ1v) is 6.80. The molecule has 2 aliphatic rings. The predicted octanol–water partition coefficient (Wildman–Crippen LogP) is 3.95. The van der Waals surface area contributed by atoms with Crippen molar-refractivity contribution in [2.75, 3.05) is 6.54 Å². The Hall–Kier alpha value is -0.460. The summed E-state index contributed by atoms with van der Waals surface area (Å²) in [5, 5.41) is 0. The molecule has 1 nitrogen and oxygen atoms in total. The lowest BCUT2D eigenvalue weighted by Crippen LogP contribution is -2.30. The Morgan fingerprint density at radius 2 is 2.20 bits per heavy atom. The minimum absolute atomic E-state index is 0.795. The Morgan fingerprint density at radius 1 is 1.33 bits per heavy atom. The summed E-state index contributed by atoms with van der Waals surface area (Å²) in [6.07, 6.45) is 12.3. The van der Waals surface area contributed by atoms with E-state index in [1.807, 2.05) is 0 Å². The first-order valence-electron chi connectivity index (χ1n) is 6.80. The number of allylic oxidation sites excluding steroid dienone is 1. The van der Waals surface area contributed by atoms with Crippen LogP contribution in [0.3, 0.4) is 0 Å². The van der Waals surface area contributed by atoms with Gasteiger partial charge in [0.15, 0.2) is 0 Å². The molecule has 0 aliphatic carbocycles. The van der Waals surface area contributed by atoms with Gasteiger partial charge in [-0.25, -0.2) is 0 Å². The van der Waals surface area contributed by atoms with Crippen LogP contribution in [0.4, 0.5) is 0 Å². The van der Waals surface area contributed by atoms with Crippen molar-refractivity contribution in [3.05, 3.63) is 11.8 Å². The fourth-order valence-corrected chi connectivity index (χ4v) is 3.09. The maximum absolute atomic E-state index is 2.69. The second kappa shape index (κ2) is 5.05. The van der Waals surface area contributed by atoms with Crippen molar-refractivity contribution in [3.63, 3.8) is 0 Å². The number of unbranched alkanes of at least 4 members (excludes halogenated alkanes) is 2. The molecule has 1 heteroatoms. The Bertz CT molecular complexity index is 231. The summed E-state index contributed by atoms with van der Waals surface area (Å²) in [5.74, 6) is 0.865. The van der Waals surface area contributed by atoms with Crippen molar-refractivity contribution in [2.24, 2.45) is 5.92 Å². The van der Waals surface area contributed by atoms with E-state index in [1.165, 1.54) is 51.5 Å². The Kier molecular flexibility index (Phi) is 3.71. The third-order valence-electron chi connectivity index (χ3n) is 4.11. The highest BCUT2D eigenvalue weighted by atomic mass is 15.2. The molecule has 1 saturated heterocycles. The van der Waals surface area contributed by atoms with Gasteiger partial charge < -0.3 is 4.90 Å². The van der Waals surface area contributed by atoms with Crippen LogP contribution >= 0.6 is 0 Å². The lowest BCUT2D eigenvalue weighted by atomic mass is 9.98. The van der Waals surface area contributed by atoms with Crippen LogP contribution in [0.15, 0.2) is 11.8 Å². The molecule has 0 aromatic rings. The molecule has 2 heterocycles. The van der Waals surface area contributed by atoms with Crippen LogP contribution in [-0.2, 0) is 0 Å². The average Bonchev–Trinajstić information content (AvgIpc) is 2.38. The zero-order chi connectivity index (χ0) is 10.7. The summed E-state index contributed by atoms with van der Waals surface area (Å²) in [6, 6.07) is 0.795. The van der Waals surface area contributed by atoms with Gasteiger partial charge in [-0.1, -0.05) is 32.3 Å². The van der Waals surface area contributed by atoms with Gasteiger partial charge in [0.1, 0.15) is 0 Å². The number of rotatable bonds is 4. The average molecular weight is 207 g/mol. The maximum Gasteiger partial charge on any atom is 0.0321 e. The van der Waals surface area contributed by atoms with Gasteiger partial charge in [-0.3, -0.25) is 0 Å². The van der Waals surface area contributed by atoms with Crippen molar-refractivity contribution in [3.8, 4) is 0 Å². The van der Waals surface area contributed by atoms with Crippen LogP contribution in [0.1, 0.15) is 58.8 Å². The molecule has 1 fully saturated rings. The second-order valence-electron chi connectivity index (χ2n) is 5.21. The van der Waals surface area contributed by atoms with Crippen LogP contribution in [0.25, 0.3) is 0 Å². The predicted molar refractivity (Wildman–Crippen MR) is 65.7 cm³/mol. The number of nitrogens with zero attached hydrogens (tertiary/aromatic N) is 1. The molecule has 2 aliphatic heterocycles. The molecule has 0 aromatic heterocycles. The topological polar surface area (TPSA) is 3.24 Å². The van der Waals surface area contributed by atoms with Crippen LogP contribution in [0.2, 0.25) is 0 Å². The first kappa shape index (κ1) is 11.0. The van der Waals surface area contributed by atoms with E-state index in [1.54, 1.807) is 5.70 Å². The molecular weight excluding hydrogens is 182 g/mol. The third-order valence-corrected chi connectivity index (χ3v) is 4.11. The first-order chi connectivity index (χ1) is 7.33. The smallest absolute Gasteiger partial charge is 0.0321 e. The normalized spacial score (nSPS) is 30.3. The quantitative estimate of drug-likeness (QED) is 0.631. The number of fused-ring (bicyclic) bond motifs is 2. The molecule has 2 rings (SSSR count). The highest BCUT2D eigenvalue weighted by Crippen LogP contribution is 2.35. The summed E-state index contributed by atoms with van der Waals surface area (Å²) in [6.45, 7) is 6.02. The molecule has 0 radical (unpaired) electrons. The van der Waals surface area contributed by atoms with E-state index in [4.69, 9.17) is 0 Å². The van der Waals surface area contributed by atoms with Gasteiger partial charge in [0.25, 0.3) is 0 Å². The molecule has 15 heavy (non-hydrogen) atoms. The molecule has 0 spiro atoms. The van der Waals surface area contributed by atoms with Crippen molar-refractivity contribution >= 4 is 0 Å². The maximum atomic E-state index is 2.69. The van der Waals surface area contributed by atoms with E-state index in [0.717, 1.165) is 12.0 Å². The fourth-order valence-electron chi connectivity index (χ4n) is 3.09. The summed E-state index contributed by atoms with van der Waals surface area (Å²) < 4.78 is 0. The van der Waals surface area contributed by atoms with Crippen LogP contribution in [0.5, 0.6) is 0 Å². The molecular formula is C14H25N. The van der Waals surface area contributed by atoms with Crippen molar-refractivity contribution < 1.29 is 0 Å². The summed E-state index contributed by atoms with van der Waals surface area (Å²) >= 11 is 0. The minimum atomic E-state index is 0.795. The van der Waals surface area contributed by atoms with E-state index in [0.29, 0.717) is 0 Å². The molecule has 2 unspecified atom stereocenters. The molecule has 86 valence electrons. The summed E-state index contributed by atoms with van der Waals surface area (Å²) in [4.78, 5) is 2.69. The molecule has 0 N–H and O–H groups in total. The number of hydrogen-bond donors (Lipinski definition) is 0. The lowest BCUT2D eigenvalue weighted by molar-refractivity contribution is 0.266. The zero-order valence-electron chi connectivity index (χ0n) is 10.3. The van der Waals surface area contributed by atoms with Crippen molar-refractivity contribution in [1.82, 2.24) is 4.90 Å². The van der Waals surface area contributed by atoms with Gasteiger partial charge in [0, 0.05) is 18.3 Å². The van der Waals surface area contributed by atoms with E-state index >= 15 is 0 Å². The van der Waals surface area contributed by atoms with E-state index in [9.17, 15) is 0 Å². The van der Waals surface area contributed by atoms with Gasteiger partial charge >= 0.3 is 0 Å². The van der Waals surface area contributed by atoms with E-state index in [-0.39, 0.29) is 0 Å². The zero-order valence-corrected chi connectivity index (χ0v) is 10.3. The highest BCUT2D eigenvalue weighted by Gasteiger charge is 2.31. The molecule has 0 aromatic carbocycles. The molecule has 0 amide bonds. The van der Waals surface area contributed by atoms with Crippen molar-refractivity contribution in [1.29, 1.82) is 0 Å². The van der Waals surface area contributed by atoms with Crippen LogP contribution in [-0.4, -0.2) is 17.5 Å². The molecule has 2 atom stereocenters. The number of hydrogen-bond acceptors (Lipinski definition) is 1. The Morgan fingerprint density at radius 3 is 3.00 bits per heavy atom. The van der Waals surface area contributed by atoms with Crippen molar-refractivity contribution in [2.45, 2.75) is 64.8 Å². The Balaban J connectivity index is 1.94. The van der Waals surface area contributed by atoms with Gasteiger partial charge in [-0.15, -0.1) is 0 Å². The minimum Gasteiger partial charge on any atom is -0.372 e. The Labute approximate surface area is 94.5 Å². The van der Waals surface area contributed by atoms with E-state index in [2.05, 4.69) is 24.8 Å². The van der Waals surface area contributed by atoms with E-state index < -0.39 is 0 Å². The lowest BCUT2D eigenvalue weighted by Gasteiger charge is -2.27. The van der Waals surface area contributed by atoms with Gasteiger partial charge in [-0.2, -0.15) is 0 Å².